The van der Waals surface area contributed by atoms with E-state index >= 15 is 0 Å². The highest BCUT2D eigenvalue weighted by Crippen LogP contribution is 2.66. The zero-order chi connectivity index (χ0) is 22.8. The smallest absolute Gasteiger partial charge is 0.178 e. The lowest BCUT2D eigenvalue weighted by molar-refractivity contribution is -0.126. The summed E-state index contributed by atoms with van der Waals surface area (Å²) >= 11 is 3.17. The van der Waals surface area contributed by atoms with E-state index in [9.17, 15) is 9.59 Å². The van der Waals surface area contributed by atoms with Gasteiger partial charge in [0.1, 0.15) is 16.1 Å². The van der Waals surface area contributed by atoms with Crippen LogP contribution in [-0.4, -0.2) is 27.3 Å². The number of ketones is 2. The van der Waals surface area contributed by atoms with Gasteiger partial charge in [0.25, 0.3) is 0 Å². The standard InChI is InChI=1S/C27H30N2O2S2/c1-26-11-9-17(30)14-16(26)5-6-18-19-7-8-21(27(19,2)12-10-20(18)26)23(31)15-32-25-29-22-4-3-13-28-24(22)33-25/h3-4,9,11,13-14,18-21H,5-8,10,12,15H2,1-2H3. The molecule has 4 aliphatic rings. The molecule has 0 spiro atoms. The molecule has 4 nitrogen and oxygen atoms in total. The lowest BCUT2D eigenvalue weighted by atomic mass is 9.47. The van der Waals surface area contributed by atoms with Gasteiger partial charge in [0.05, 0.1) is 5.75 Å². The summed E-state index contributed by atoms with van der Waals surface area (Å²) in [5.41, 5.74) is 2.39. The quantitative estimate of drug-likeness (QED) is 0.484. The molecule has 2 aromatic heterocycles. The number of thioether (sulfide) groups is 1. The van der Waals surface area contributed by atoms with Crippen LogP contribution in [0.4, 0.5) is 0 Å². The Morgan fingerprint density at radius 2 is 2.09 bits per heavy atom. The van der Waals surface area contributed by atoms with Crippen molar-refractivity contribution < 1.29 is 9.59 Å². The fraction of sp³-hybridized carbons (Fsp3) is 0.556. The number of allylic oxidation sites excluding steroid dienone is 4. The van der Waals surface area contributed by atoms with Crippen LogP contribution >= 0.6 is 23.1 Å². The molecule has 0 amide bonds. The van der Waals surface area contributed by atoms with Crippen molar-refractivity contribution in [3.8, 4) is 0 Å². The third-order valence-corrected chi connectivity index (χ3v) is 11.6. The number of hydrogen-bond donors (Lipinski definition) is 0. The van der Waals surface area contributed by atoms with Gasteiger partial charge in [0, 0.05) is 17.5 Å². The highest BCUT2D eigenvalue weighted by molar-refractivity contribution is 8.01. The van der Waals surface area contributed by atoms with Crippen molar-refractivity contribution in [3.63, 3.8) is 0 Å². The molecule has 2 aromatic rings. The molecule has 4 aliphatic carbocycles. The van der Waals surface area contributed by atoms with Gasteiger partial charge in [-0.25, -0.2) is 9.97 Å². The second-order valence-corrected chi connectivity index (χ2v) is 13.0. The van der Waals surface area contributed by atoms with Gasteiger partial charge < -0.3 is 0 Å². The number of Topliss-reactive ketones (excluding diaryl/α,β-unsaturated/α-hetero) is 1. The number of rotatable bonds is 4. The Morgan fingerprint density at radius 3 is 2.94 bits per heavy atom. The second kappa shape index (κ2) is 7.88. The third kappa shape index (κ3) is 3.39. The average Bonchev–Trinajstić information content (AvgIpc) is 3.38. The number of nitrogens with zero attached hydrogens (tertiary/aromatic N) is 2. The predicted octanol–water partition coefficient (Wildman–Crippen LogP) is 6.28. The Hall–Kier alpha value is -1.79. The Bertz CT molecular complexity index is 1170. The Labute approximate surface area is 203 Å². The van der Waals surface area contributed by atoms with Gasteiger partial charge >= 0.3 is 0 Å². The number of pyridine rings is 1. The SMILES string of the molecule is CC12C=CC(=O)C=C1CCC1C2CCC2(C)C(C(=O)CSc3nc4cccnc4s3)CCC12. The molecule has 6 heteroatoms. The van der Waals surface area contributed by atoms with Crippen LogP contribution in [-0.2, 0) is 9.59 Å². The largest absolute Gasteiger partial charge is 0.298 e. The normalized spacial score (nSPS) is 37.4. The maximum Gasteiger partial charge on any atom is 0.178 e. The molecule has 0 bridgehead atoms. The molecule has 6 rings (SSSR count). The van der Waals surface area contributed by atoms with E-state index in [1.54, 1.807) is 35.4 Å². The predicted molar refractivity (Wildman–Crippen MR) is 133 cm³/mol. The number of hydrogen-bond acceptors (Lipinski definition) is 6. The molecule has 0 aliphatic heterocycles. The van der Waals surface area contributed by atoms with E-state index in [0.717, 1.165) is 40.4 Å². The van der Waals surface area contributed by atoms with Crippen LogP contribution < -0.4 is 0 Å². The Morgan fingerprint density at radius 1 is 1.21 bits per heavy atom. The first kappa shape index (κ1) is 21.7. The molecule has 6 atom stereocenters. The number of carbonyl (C=O) groups excluding carboxylic acids is 2. The number of thiazole rings is 1. The van der Waals surface area contributed by atoms with Gasteiger partial charge in [-0.2, -0.15) is 0 Å². The fourth-order valence-corrected chi connectivity index (χ4v) is 9.69. The molecule has 2 heterocycles. The van der Waals surface area contributed by atoms with E-state index < -0.39 is 0 Å². The topological polar surface area (TPSA) is 59.9 Å². The summed E-state index contributed by atoms with van der Waals surface area (Å²) in [7, 11) is 0. The van der Waals surface area contributed by atoms with Gasteiger partial charge in [-0.3, -0.25) is 9.59 Å². The lowest BCUT2D eigenvalue weighted by Gasteiger charge is -2.57. The summed E-state index contributed by atoms with van der Waals surface area (Å²) in [5, 5.41) is 0. The second-order valence-electron chi connectivity index (χ2n) is 10.8. The minimum absolute atomic E-state index is 0.0248. The van der Waals surface area contributed by atoms with Gasteiger partial charge in [0.2, 0.25) is 0 Å². The van der Waals surface area contributed by atoms with Crippen molar-refractivity contribution in [2.24, 2.45) is 34.5 Å². The van der Waals surface area contributed by atoms with Crippen LogP contribution in [0.3, 0.4) is 0 Å². The molecule has 3 saturated carbocycles. The van der Waals surface area contributed by atoms with Gasteiger partial charge in [-0.05, 0) is 86.0 Å². The van der Waals surface area contributed by atoms with Crippen LogP contribution in [0.2, 0.25) is 0 Å². The van der Waals surface area contributed by atoms with Crippen molar-refractivity contribution in [1.29, 1.82) is 0 Å². The molecule has 0 aromatic carbocycles. The number of carbonyl (C=O) groups is 2. The van der Waals surface area contributed by atoms with Crippen LogP contribution in [0.25, 0.3) is 10.3 Å². The lowest BCUT2D eigenvalue weighted by Crippen LogP contribution is -2.50. The third-order valence-electron chi connectivity index (χ3n) is 9.43. The van der Waals surface area contributed by atoms with Crippen molar-refractivity contribution in [2.45, 2.75) is 56.7 Å². The molecule has 172 valence electrons. The van der Waals surface area contributed by atoms with Crippen molar-refractivity contribution in [2.75, 3.05) is 5.75 Å². The average molecular weight is 479 g/mol. The molecule has 0 radical (unpaired) electrons. The van der Waals surface area contributed by atoms with E-state index in [4.69, 9.17) is 0 Å². The van der Waals surface area contributed by atoms with Gasteiger partial charge in [-0.1, -0.05) is 48.6 Å². The van der Waals surface area contributed by atoms with Crippen molar-refractivity contribution >= 4 is 45.0 Å². The molecular weight excluding hydrogens is 448 g/mol. The molecular formula is C27H30N2O2S2. The molecule has 0 saturated heterocycles. The highest BCUT2D eigenvalue weighted by atomic mass is 32.2. The van der Waals surface area contributed by atoms with Crippen LogP contribution in [0, 0.1) is 34.5 Å². The van der Waals surface area contributed by atoms with Crippen molar-refractivity contribution in [3.05, 3.63) is 42.1 Å². The minimum atomic E-state index is 0.0248. The number of aromatic nitrogens is 2. The Kier molecular flexibility index (Phi) is 5.18. The molecule has 3 fully saturated rings. The van der Waals surface area contributed by atoms with Crippen LogP contribution in [0.1, 0.15) is 52.4 Å². The van der Waals surface area contributed by atoms with E-state index in [2.05, 4.69) is 29.9 Å². The van der Waals surface area contributed by atoms with E-state index in [-0.39, 0.29) is 22.5 Å². The van der Waals surface area contributed by atoms with Crippen molar-refractivity contribution in [1.82, 2.24) is 9.97 Å². The molecule has 0 N–H and O–H groups in total. The Balaban J connectivity index is 1.18. The summed E-state index contributed by atoms with van der Waals surface area (Å²) in [6, 6.07) is 3.89. The fourth-order valence-electron chi connectivity index (χ4n) is 7.77. The van der Waals surface area contributed by atoms with E-state index in [1.807, 2.05) is 18.2 Å². The summed E-state index contributed by atoms with van der Waals surface area (Å²) in [4.78, 5) is 35.4. The summed E-state index contributed by atoms with van der Waals surface area (Å²) < 4.78 is 0.943. The first-order valence-electron chi connectivity index (χ1n) is 12.2. The first-order chi connectivity index (χ1) is 15.9. The summed E-state index contributed by atoms with van der Waals surface area (Å²) in [6.45, 7) is 4.76. The van der Waals surface area contributed by atoms with Crippen LogP contribution in [0.5, 0.6) is 0 Å². The monoisotopic (exact) mass is 478 g/mol. The minimum Gasteiger partial charge on any atom is -0.298 e. The summed E-state index contributed by atoms with van der Waals surface area (Å²) in [5.74, 6) is 3.10. The van der Waals surface area contributed by atoms with E-state index in [0.29, 0.717) is 29.3 Å². The first-order valence-corrected chi connectivity index (χ1v) is 14.0. The number of fused-ring (bicyclic) bond motifs is 6. The molecule has 6 unspecified atom stereocenters. The zero-order valence-corrected chi connectivity index (χ0v) is 20.9. The van der Waals surface area contributed by atoms with Gasteiger partial charge in [0.15, 0.2) is 10.1 Å². The maximum absolute atomic E-state index is 13.5. The van der Waals surface area contributed by atoms with Gasteiger partial charge in [-0.15, -0.1) is 0 Å². The van der Waals surface area contributed by atoms with E-state index in [1.165, 1.54) is 18.4 Å². The highest BCUT2D eigenvalue weighted by Gasteiger charge is 2.59. The van der Waals surface area contributed by atoms with Crippen LogP contribution in [0.15, 0.2) is 46.5 Å². The zero-order valence-electron chi connectivity index (χ0n) is 19.3. The molecule has 33 heavy (non-hydrogen) atoms. The summed E-state index contributed by atoms with van der Waals surface area (Å²) in [6.07, 6.45) is 14.4. The maximum atomic E-state index is 13.5.